The summed E-state index contributed by atoms with van der Waals surface area (Å²) in [6.45, 7) is 3.20. The number of benzene rings is 2. The van der Waals surface area contributed by atoms with E-state index in [2.05, 4.69) is 17.4 Å². The average molecular weight is 288 g/mol. The number of ether oxygens (including phenoxy) is 1. The Hall–Kier alpha value is -2.23. The highest BCUT2D eigenvalue weighted by Gasteiger charge is 2.08. The highest BCUT2D eigenvalue weighted by molar-refractivity contribution is 5.68. The van der Waals surface area contributed by atoms with Crippen molar-refractivity contribution in [1.29, 1.82) is 0 Å². The van der Waals surface area contributed by atoms with Gasteiger partial charge in [0, 0.05) is 18.7 Å². The number of nitrogens with one attached hydrogen (secondary N) is 1. The lowest BCUT2D eigenvalue weighted by Crippen LogP contribution is -2.08. The molecule has 2 aromatic carbocycles. The maximum Gasteiger partial charge on any atom is 0.167 e. The van der Waals surface area contributed by atoms with Crippen LogP contribution in [-0.4, -0.2) is 13.2 Å². The molecule has 0 fully saturated rings. The Kier molecular flexibility index (Phi) is 5.43. The first kappa shape index (κ1) is 15.2. The summed E-state index contributed by atoms with van der Waals surface area (Å²) in [6.07, 6.45) is 1.71. The molecule has 2 aromatic rings. The smallest absolute Gasteiger partial charge is 0.167 e. The normalized spacial score (nSPS) is 10.4. The summed E-state index contributed by atoms with van der Waals surface area (Å²) < 4.78 is 19.1. The van der Waals surface area contributed by atoms with Crippen molar-refractivity contribution in [3.63, 3.8) is 0 Å². The standard InChI is InChI=1S/C17H21FN2O/c1-2-10-21-17-12-16(15(19)11-14(17)18)20-9-8-13-6-4-3-5-7-13/h3-7,11-12,20H,2,8-10,19H2,1H3. The van der Waals surface area contributed by atoms with Gasteiger partial charge in [-0.25, -0.2) is 4.39 Å². The van der Waals surface area contributed by atoms with Gasteiger partial charge in [0.05, 0.1) is 18.0 Å². The largest absolute Gasteiger partial charge is 0.490 e. The van der Waals surface area contributed by atoms with Crippen LogP contribution in [0, 0.1) is 5.82 Å². The summed E-state index contributed by atoms with van der Waals surface area (Å²) in [5.41, 5.74) is 8.18. The highest BCUT2D eigenvalue weighted by atomic mass is 19.1. The summed E-state index contributed by atoms with van der Waals surface area (Å²) in [5.74, 6) is -0.178. The van der Waals surface area contributed by atoms with Crippen molar-refractivity contribution >= 4 is 11.4 Å². The number of nitrogen functional groups attached to an aromatic ring is 1. The van der Waals surface area contributed by atoms with Crippen molar-refractivity contribution in [2.75, 3.05) is 24.2 Å². The second kappa shape index (κ2) is 7.53. The molecule has 0 atom stereocenters. The van der Waals surface area contributed by atoms with Gasteiger partial charge in [0.1, 0.15) is 0 Å². The molecule has 0 heterocycles. The van der Waals surface area contributed by atoms with Crippen LogP contribution < -0.4 is 15.8 Å². The van der Waals surface area contributed by atoms with Crippen molar-refractivity contribution in [3.8, 4) is 5.75 Å². The number of anilines is 2. The van der Waals surface area contributed by atoms with E-state index in [9.17, 15) is 4.39 Å². The predicted octanol–water partition coefficient (Wildman–Crippen LogP) is 3.85. The third kappa shape index (κ3) is 4.38. The van der Waals surface area contributed by atoms with Gasteiger partial charge >= 0.3 is 0 Å². The zero-order chi connectivity index (χ0) is 15.1. The first-order valence-electron chi connectivity index (χ1n) is 7.20. The van der Waals surface area contributed by atoms with E-state index >= 15 is 0 Å². The van der Waals surface area contributed by atoms with Gasteiger partial charge in [0.25, 0.3) is 0 Å². The highest BCUT2D eigenvalue weighted by Crippen LogP contribution is 2.28. The van der Waals surface area contributed by atoms with Crippen LogP contribution in [0.15, 0.2) is 42.5 Å². The summed E-state index contributed by atoms with van der Waals surface area (Å²) in [7, 11) is 0. The number of hydrogen-bond donors (Lipinski definition) is 2. The Morgan fingerprint density at radius 3 is 2.67 bits per heavy atom. The van der Waals surface area contributed by atoms with E-state index < -0.39 is 5.82 Å². The summed E-state index contributed by atoms with van der Waals surface area (Å²) in [4.78, 5) is 0. The van der Waals surface area contributed by atoms with Crippen LogP contribution in [0.4, 0.5) is 15.8 Å². The molecule has 0 saturated heterocycles. The van der Waals surface area contributed by atoms with Crippen molar-refractivity contribution in [2.45, 2.75) is 19.8 Å². The number of nitrogens with two attached hydrogens (primary N) is 1. The topological polar surface area (TPSA) is 47.3 Å². The van der Waals surface area contributed by atoms with Crippen LogP contribution in [0.25, 0.3) is 0 Å². The summed E-state index contributed by atoms with van der Waals surface area (Å²) >= 11 is 0. The SMILES string of the molecule is CCCOc1cc(NCCc2ccccc2)c(N)cc1F. The van der Waals surface area contributed by atoms with E-state index in [0.717, 1.165) is 19.4 Å². The first-order chi connectivity index (χ1) is 10.2. The summed E-state index contributed by atoms with van der Waals surface area (Å²) in [5, 5.41) is 3.23. The number of rotatable bonds is 7. The van der Waals surface area contributed by atoms with Crippen LogP contribution in [0.2, 0.25) is 0 Å². The number of halogens is 1. The minimum absolute atomic E-state index is 0.244. The molecule has 0 saturated carbocycles. The molecule has 3 nitrogen and oxygen atoms in total. The second-order valence-electron chi connectivity index (χ2n) is 4.88. The van der Waals surface area contributed by atoms with E-state index in [1.54, 1.807) is 6.07 Å². The molecule has 0 amide bonds. The molecule has 0 radical (unpaired) electrons. The maximum atomic E-state index is 13.7. The molecule has 0 unspecified atom stereocenters. The molecule has 0 bridgehead atoms. The molecular formula is C17H21FN2O. The lowest BCUT2D eigenvalue weighted by Gasteiger charge is -2.13. The third-order valence-electron chi connectivity index (χ3n) is 3.14. The first-order valence-corrected chi connectivity index (χ1v) is 7.20. The van der Waals surface area contributed by atoms with Gasteiger partial charge in [-0.1, -0.05) is 37.3 Å². The van der Waals surface area contributed by atoms with Gasteiger partial charge in [-0.15, -0.1) is 0 Å². The Bertz CT molecular complexity index is 573. The molecule has 0 aliphatic carbocycles. The van der Waals surface area contributed by atoms with Crippen molar-refractivity contribution in [2.24, 2.45) is 0 Å². The van der Waals surface area contributed by atoms with Crippen LogP contribution in [0.5, 0.6) is 5.75 Å². The molecule has 3 N–H and O–H groups in total. The molecular weight excluding hydrogens is 267 g/mol. The minimum Gasteiger partial charge on any atom is -0.490 e. The molecule has 0 aromatic heterocycles. The van der Waals surface area contributed by atoms with E-state index in [-0.39, 0.29) is 5.75 Å². The fourth-order valence-electron chi connectivity index (χ4n) is 2.03. The Labute approximate surface area is 124 Å². The Morgan fingerprint density at radius 1 is 1.19 bits per heavy atom. The monoisotopic (exact) mass is 288 g/mol. The lowest BCUT2D eigenvalue weighted by atomic mass is 10.1. The van der Waals surface area contributed by atoms with E-state index in [1.807, 2.05) is 25.1 Å². The van der Waals surface area contributed by atoms with E-state index in [0.29, 0.717) is 18.0 Å². The minimum atomic E-state index is -0.422. The van der Waals surface area contributed by atoms with Crippen LogP contribution >= 0.6 is 0 Å². The van der Waals surface area contributed by atoms with E-state index in [4.69, 9.17) is 10.5 Å². The van der Waals surface area contributed by atoms with Crippen molar-refractivity contribution < 1.29 is 9.13 Å². The van der Waals surface area contributed by atoms with Gasteiger partial charge in [-0.05, 0) is 18.4 Å². The van der Waals surface area contributed by atoms with Crippen LogP contribution in [-0.2, 0) is 6.42 Å². The zero-order valence-corrected chi connectivity index (χ0v) is 12.2. The van der Waals surface area contributed by atoms with Gasteiger partial charge in [-0.3, -0.25) is 0 Å². The average Bonchev–Trinajstić information content (AvgIpc) is 2.49. The van der Waals surface area contributed by atoms with Crippen molar-refractivity contribution in [3.05, 3.63) is 53.8 Å². The molecule has 0 aliphatic rings. The summed E-state index contributed by atoms with van der Waals surface area (Å²) in [6, 6.07) is 13.1. The van der Waals surface area contributed by atoms with E-state index in [1.165, 1.54) is 11.6 Å². The predicted molar refractivity (Wildman–Crippen MR) is 85.2 cm³/mol. The van der Waals surface area contributed by atoms with Gasteiger partial charge < -0.3 is 15.8 Å². The Morgan fingerprint density at radius 2 is 1.95 bits per heavy atom. The fraction of sp³-hybridized carbons (Fsp3) is 0.294. The van der Waals surface area contributed by atoms with Crippen LogP contribution in [0.3, 0.4) is 0 Å². The van der Waals surface area contributed by atoms with Crippen LogP contribution in [0.1, 0.15) is 18.9 Å². The number of hydrogen-bond acceptors (Lipinski definition) is 3. The maximum absolute atomic E-state index is 13.7. The molecule has 0 aliphatic heterocycles. The lowest BCUT2D eigenvalue weighted by molar-refractivity contribution is 0.301. The molecule has 112 valence electrons. The molecule has 0 spiro atoms. The Balaban J connectivity index is 1.98. The quantitative estimate of drug-likeness (QED) is 0.761. The fourth-order valence-corrected chi connectivity index (χ4v) is 2.03. The third-order valence-corrected chi connectivity index (χ3v) is 3.14. The van der Waals surface area contributed by atoms with Gasteiger partial charge in [-0.2, -0.15) is 0 Å². The van der Waals surface area contributed by atoms with Crippen molar-refractivity contribution in [1.82, 2.24) is 0 Å². The molecule has 4 heteroatoms. The zero-order valence-electron chi connectivity index (χ0n) is 12.2. The van der Waals surface area contributed by atoms with Gasteiger partial charge in [0.2, 0.25) is 0 Å². The molecule has 21 heavy (non-hydrogen) atoms. The van der Waals surface area contributed by atoms with Gasteiger partial charge in [0.15, 0.2) is 11.6 Å². The molecule has 2 rings (SSSR count). The second-order valence-corrected chi connectivity index (χ2v) is 4.88.